The van der Waals surface area contributed by atoms with E-state index in [-0.39, 0.29) is 34.0 Å². The number of ether oxygens (including phenoxy) is 1. The lowest BCUT2D eigenvalue weighted by Gasteiger charge is -2.08. The summed E-state index contributed by atoms with van der Waals surface area (Å²) in [5.74, 6) is -0.543. The van der Waals surface area contributed by atoms with E-state index < -0.39 is 5.63 Å². The van der Waals surface area contributed by atoms with Gasteiger partial charge in [-0.15, -0.1) is 0 Å². The van der Waals surface area contributed by atoms with E-state index in [4.69, 9.17) is 9.15 Å². The van der Waals surface area contributed by atoms with Gasteiger partial charge < -0.3 is 24.5 Å². The van der Waals surface area contributed by atoms with Crippen LogP contribution in [0.5, 0.6) is 23.0 Å². The van der Waals surface area contributed by atoms with E-state index >= 15 is 0 Å². The lowest BCUT2D eigenvalue weighted by molar-refractivity contribution is 0.373. The SMILES string of the molecule is COc1cc2c(cc1O)oc(=O)c1c(O)cc(O)cc12. The molecule has 0 aliphatic rings. The maximum atomic E-state index is 11.9. The third-order valence-electron chi connectivity index (χ3n) is 3.08. The quantitative estimate of drug-likeness (QED) is 0.464. The van der Waals surface area contributed by atoms with Crippen LogP contribution in [-0.4, -0.2) is 22.4 Å². The molecule has 3 aromatic rings. The zero-order valence-corrected chi connectivity index (χ0v) is 10.4. The molecular weight excluding hydrogens is 264 g/mol. The minimum Gasteiger partial charge on any atom is -0.508 e. The molecule has 0 aliphatic carbocycles. The lowest BCUT2D eigenvalue weighted by Crippen LogP contribution is -2.00. The molecule has 20 heavy (non-hydrogen) atoms. The highest BCUT2D eigenvalue weighted by molar-refractivity contribution is 6.07. The van der Waals surface area contributed by atoms with E-state index in [9.17, 15) is 20.1 Å². The summed E-state index contributed by atoms with van der Waals surface area (Å²) in [6.07, 6.45) is 0. The highest BCUT2D eigenvalue weighted by Crippen LogP contribution is 2.37. The Morgan fingerprint density at radius 2 is 1.75 bits per heavy atom. The van der Waals surface area contributed by atoms with Gasteiger partial charge in [-0.05, 0) is 12.1 Å². The smallest absolute Gasteiger partial charge is 0.347 e. The van der Waals surface area contributed by atoms with Crippen LogP contribution < -0.4 is 10.4 Å². The van der Waals surface area contributed by atoms with Gasteiger partial charge in [0.2, 0.25) is 0 Å². The van der Waals surface area contributed by atoms with Gasteiger partial charge in [-0.1, -0.05) is 0 Å². The Morgan fingerprint density at radius 3 is 2.45 bits per heavy atom. The third kappa shape index (κ3) is 1.62. The van der Waals surface area contributed by atoms with Crippen LogP contribution in [0.3, 0.4) is 0 Å². The first kappa shape index (κ1) is 12.2. The number of benzene rings is 2. The number of phenolic OH excluding ortho intramolecular Hbond substituents is 3. The summed E-state index contributed by atoms with van der Waals surface area (Å²) in [7, 11) is 1.39. The second-order valence-electron chi connectivity index (χ2n) is 4.30. The molecule has 1 aromatic heterocycles. The molecule has 3 N–H and O–H groups in total. The van der Waals surface area contributed by atoms with Gasteiger partial charge in [-0.3, -0.25) is 0 Å². The largest absolute Gasteiger partial charge is 0.508 e. The van der Waals surface area contributed by atoms with Crippen molar-refractivity contribution < 1.29 is 24.5 Å². The molecule has 0 radical (unpaired) electrons. The molecule has 0 fully saturated rings. The number of aromatic hydroxyl groups is 3. The van der Waals surface area contributed by atoms with Crippen LogP contribution in [-0.2, 0) is 0 Å². The fourth-order valence-corrected chi connectivity index (χ4v) is 2.20. The Morgan fingerprint density at radius 1 is 1.00 bits per heavy atom. The van der Waals surface area contributed by atoms with Crippen molar-refractivity contribution in [2.45, 2.75) is 0 Å². The number of rotatable bonds is 1. The van der Waals surface area contributed by atoms with Crippen LogP contribution in [0.2, 0.25) is 0 Å². The van der Waals surface area contributed by atoms with E-state index in [2.05, 4.69) is 0 Å². The molecule has 1 heterocycles. The van der Waals surface area contributed by atoms with Gasteiger partial charge in [0.05, 0.1) is 7.11 Å². The molecule has 0 bridgehead atoms. The molecular formula is C14H10O6. The predicted molar refractivity (Wildman–Crippen MR) is 71.5 cm³/mol. The topological polar surface area (TPSA) is 100 Å². The van der Waals surface area contributed by atoms with E-state index in [1.165, 1.54) is 25.3 Å². The summed E-state index contributed by atoms with van der Waals surface area (Å²) < 4.78 is 10.1. The van der Waals surface area contributed by atoms with Gasteiger partial charge in [-0.25, -0.2) is 4.79 Å². The van der Waals surface area contributed by atoms with Crippen LogP contribution in [0.1, 0.15) is 0 Å². The van der Waals surface area contributed by atoms with Crippen molar-refractivity contribution in [3.05, 3.63) is 34.7 Å². The van der Waals surface area contributed by atoms with E-state index in [0.717, 1.165) is 6.07 Å². The maximum absolute atomic E-state index is 11.9. The molecule has 0 saturated carbocycles. The van der Waals surface area contributed by atoms with Crippen molar-refractivity contribution in [2.75, 3.05) is 7.11 Å². The van der Waals surface area contributed by atoms with Gasteiger partial charge in [0.15, 0.2) is 11.5 Å². The molecule has 3 rings (SSSR count). The molecule has 0 amide bonds. The first-order chi connectivity index (χ1) is 9.51. The van der Waals surface area contributed by atoms with Gasteiger partial charge in [0.25, 0.3) is 0 Å². The zero-order valence-electron chi connectivity index (χ0n) is 10.4. The lowest BCUT2D eigenvalue weighted by atomic mass is 10.1. The normalized spacial score (nSPS) is 11.1. The Labute approximate surface area is 112 Å². The highest BCUT2D eigenvalue weighted by atomic mass is 16.5. The van der Waals surface area contributed by atoms with Gasteiger partial charge in [0.1, 0.15) is 22.5 Å². The van der Waals surface area contributed by atoms with Gasteiger partial charge in [0, 0.05) is 22.9 Å². The second kappa shape index (κ2) is 4.06. The van der Waals surface area contributed by atoms with Crippen LogP contribution in [0.15, 0.2) is 33.5 Å². The Bertz CT molecular complexity index is 894. The fraction of sp³-hybridized carbons (Fsp3) is 0.0714. The monoisotopic (exact) mass is 274 g/mol. The van der Waals surface area contributed by atoms with Crippen LogP contribution in [0, 0.1) is 0 Å². The number of hydrogen-bond donors (Lipinski definition) is 3. The molecule has 0 saturated heterocycles. The van der Waals surface area contributed by atoms with E-state index in [1.54, 1.807) is 0 Å². The third-order valence-corrected chi connectivity index (χ3v) is 3.08. The summed E-state index contributed by atoms with van der Waals surface area (Å²) in [5.41, 5.74) is -0.625. The minimum absolute atomic E-state index is 0.0388. The summed E-state index contributed by atoms with van der Waals surface area (Å²) in [6, 6.07) is 5.11. The first-order valence-electron chi connectivity index (χ1n) is 5.70. The van der Waals surface area contributed by atoms with E-state index in [0.29, 0.717) is 10.8 Å². The summed E-state index contributed by atoms with van der Waals surface area (Å²) in [4.78, 5) is 11.9. The van der Waals surface area contributed by atoms with Crippen molar-refractivity contribution >= 4 is 21.7 Å². The van der Waals surface area contributed by atoms with Crippen molar-refractivity contribution in [1.29, 1.82) is 0 Å². The molecule has 6 heteroatoms. The van der Waals surface area contributed by atoms with Crippen molar-refractivity contribution in [3.63, 3.8) is 0 Å². The Hall–Kier alpha value is -2.89. The minimum atomic E-state index is -0.755. The zero-order chi connectivity index (χ0) is 14.4. The number of fused-ring (bicyclic) bond motifs is 3. The van der Waals surface area contributed by atoms with Gasteiger partial charge in [-0.2, -0.15) is 0 Å². The first-order valence-corrected chi connectivity index (χ1v) is 5.70. The summed E-state index contributed by atoms with van der Waals surface area (Å²) in [5, 5.41) is 29.7. The summed E-state index contributed by atoms with van der Waals surface area (Å²) >= 11 is 0. The Balaban J connectivity index is 2.60. The second-order valence-corrected chi connectivity index (χ2v) is 4.30. The van der Waals surface area contributed by atoms with Crippen molar-refractivity contribution in [1.82, 2.24) is 0 Å². The number of phenols is 3. The van der Waals surface area contributed by atoms with E-state index in [1.807, 2.05) is 0 Å². The maximum Gasteiger partial charge on any atom is 0.347 e. The van der Waals surface area contributed by atoms with Crippen LogP contribution in [0.25, 0.3) is 21.7 Å². The standard InChI is InChI=1S/C14H10O6/c1-19-12-4-7-8-2-6(15)3-10(17)13(8)14(18)20-11(7)5-9(12)16/h2-5,15-17H,1H3. The van der Waals surface area contributed by atoms with Crippen LogP contribution in [0.4, 0.5) is 0 Å². The number of hydrogen-bond acceptors (Lipinski definition) is 6. The molecule has 0 spiro atoms. The molecule has 2 aromatic carbocycles. The molecule has 102 valence electrons. The van der Waals surface area contributed by atoms with Gasteiger partial charge >= 0.3 is 5.63 Å². The average molecular weight is 274 g/mol. The predicted octanol–water partition coefficient (Wildman–Crippen LogP) is 2.07. The molecule has 6 nitrogen and oxygen atoms in total. The molecule has 0 atom stereocenters. The molecule has 0 unspecified atom stereocenters. The highest BCUT2D eigenvalue weighted by Gasteiger charge is 2.15. The fourth-order valence-electron chi connectivity index (χ4n) is 2.20. The van der Waals surface area contributed by atoms with Crippen molar-refractivity contribution in [2.24, 2.45) is 0 Å². The Kier molecular flexibility index (Phi) is 2.47. The average Bonchev–Trinajstić information content (AvgIpc) is 2.37. The molecule has 0 aliphatic heterocycles. The summed E-state index contributed by atoms with van der Waals surface area (Å²) in [6.45, 7) is 0. The van der Waals surface area contributed by atoms with Crippen molar-refractivity contribution in [3.8, 4) is 23.0 Å². The number of methoxy groups -OCH3 is 1. The van der Waals surface area contributed by atoms with Crippen LogP contribution >= 0.6 is 0 Å².